The van der Waals surface area contributed by atoms with Crippen LogP contribution in [0.2, 0.25) is 0 Å². The van der Waals surface area contributed by atoms with Crippen molar-refractivity contribution in [2.75, 3.05) is 25.5 Å². The first-order chi connectivity index (χ1) is 15.9. The van der Waals surface area contributed by atoms with Crippen molar-refractivity contribution in [2.45, 2.75) is 39.3 Å². The fourth-order valence-electron chi connectivity index (χ4n) is 4.76. The fourth-order valence-corrected chi connectivity index (χ4v) is 4.76. The zero-order chi connectivity index (χ0) is 23.1. The van der Waals surface area contributed by atoms with E-state index in [1.165, 1.54) is 17.3 Å². The third-order valence-electron chi connectivity index (χ3n) is 6.45. The zero-order valence-electron chi connectivity index (χ0n) is 19.6. The first kappa shape index (κ1) is 21.5. The van der Waals surface area contributed by atoms with Crippen molar-refractivity contribution < 1.29 is 4.39 Å². The number of fused-ring (bicyclic) bond motifs is 1. The Balaban J connectivity index is 1.56. The summed E-state index contributed by atoms with van der Waals surface area (Å²) in [6, 6.07) is 11.1. The number of aromatic nitrogens is 4. The van der Waals surface area contributed by atoms with Gasteiger partial charge in [-0.2, -0.15) is 0 Å². The number of hydrogen-bond acceptors (Lipinski definition) is 5. The Morgan fingerprint density at radius 2 is 1.97 bits per heavy atom. The first-order valence-electron chi connectivity index (χ1n) is 11.4. The largest absolute Gasteiger partial charge is 0.347 e. The van der Waals surface area contributed by atoms with E-state index in [-0.39, 0.29) is 11.9 Å². The maximum Gasteiger partial charge on any atom is 0.225 e. The molecule has 1 aromatic carbocycles. The van der Waals surface area contributed by atoms with Gasteiger partial charge in [-0.15, -0.1) is 0 Å². The maximum absolute atomic E-state index is 14.0. The minimum atomic E-state index is -0.255. The van der Waals surface area contributed by atoms with Gasteiger partial charge in [-0.25, -0.2) is 19.3 Å². The smallest absolute Gasteiger partial charge is 0.225 e. The molecule has 1 fully saturated rings. The molecule has 0 aliphatic carbocycles. The molecule has 0 saturated carbocycles. The highest BCUT2D eigenvalue weighted by Gasteiger charge is 2.31. The van der Waals surface area contributed by atoms with Gasteiger partial charge >= 0.3 is 0 Å². The van der Waals surface area contributed by atoms with Crippen LogP contribution in [-0.4, -0.2) is 44.9 Å². The molecule has 0 unspecified atom stereocenters. The Bertz CT molecular complexity index is 1310. The van der Waals surface area contributed by atoms with Crippen molar-refractivity contribution in [3.8, 4) is 11.1 Å². The highest BCUT2D eigenvalue weighted by atomic mass is 19.1. The summed E-state index contributed by atoms with van der Waals surface area (Å²) in [6.45, 7) is 5.93. The SMILES string of the molecule is Cc1ccn2c(CN3CCC[C@H]3c3nc(N(C)C)ncc3-c3cccc(F)c3)c(C)nc2c1. The molecule has 5 rings (SSSR count). The second kappa shape index (κ2) is 8.56. The Hall–Kier alpha value is -3.32. The number of hydrogen-bond donors (Lipinski definition) is 0. The minimum absolute atomic E-state index is 0.125. The molecule has 1 atom stereocenters. The quantitative estimate of drug-likeness (QED) is 0.436. The van der Waals surface area contributed by atoms with Crippen molar-refractivity contribution >= 4 is 11.6 Å². The van der Waals surface area contributed by atoms with Crippen LogP contribution in [0.3, 0.4) is 0 Å². The number of pyridine rings is 1. The number of halogens is 1. The molecule has 6 nitrogen and oxygen atoms in total. The van der Waals surface area contributed by atoms with Crippen LogP contribution in [0.4, 0.5) is 10.3 Å². The van der Waals surface area contributed by atoms with Gasteiger partial charge in [-0.05, 0) is 68.6 Å². The van der Waals surface area contributed by atoms with E-state index in [9.17, 15) is 4.39 Å². The summed E-state index contributed by atoms with van der Waals surface area (Å²) < 4.78 is 16.2. The van der Waals surface area contributed by atoms with Crippen LogP contribution in [0.25, 0.3) is 16.8 Å². The second-order valence-electron chi connectivity index (χ2n) is 9.08. The monoisotopic (exact) mass is 444 g/mol. The van der Waals surface area contributed by atoms with E-state index < -0.39 is 0 Å². The van der Waals surface area contributed by atoms with E-state index in [4.69, 9.17) is 9.97 Å². The van der Waals surface area contributed by atoms with Crippen molar-refractivity contribution in [3.63, 3.8) is 0 Å². The van der Waals surface area contributed by atoms with Crippen LogP contribution in [0.15, 0.2) is 48.8 Å². The lowest BCUT2D eigenvalue weighted by atomic mass is 9.99. The molecular formula is C26H29FN6. The third-order valence-corrected chi connectivity index (χ3v) is 6.45. The average Bonchev–Trinajstić information content (AvgIpc) is 3.37. The molecule has 1 aliphatic rings. The summed E-state index contributed by atoms with van der Waals surface area (Å²) in [5, 5.41) is 0. The van der Waals surface area contributed by atoms with E-state index in [0.29, 0.717) is 5.95 Å². The Kier molecular flexibility index (Phi) is 5.58. The summed E-state index contributed by atoms with van der Waals surface area (Å²) in [5.41, 5.74) is 7.09. The summed E-state index contributed by atoms with van der Waals surface area (Å²) in [5.74, 6) is 0.411. The molecule has 0 spiro atoms. The average molecular weight is 445 g/mol. The van der Waals surface area contributed by atoms with Gasteiger partial charge in [0.2, 0.25) is 5.95 Å². The van der Waals surface area contributed by atoms with Crippen molar-refractivity contribution in [2.24, 2.45) is 0 Å². The highest BCUT2D eigenvalue weighted by molar-refractivity contribution is 5.66. The van der Waals surface area contributed by atoms with Gasteiger partial charge in [0.15, 0.2) is 0 Å². The number of aryl methyl sites for hydroxylation is 2. The zero-order valence-corrected chi connectivity index (χ0v) is 19.6. The van der Waals surface area contributed by atoms with Gasteiger partial charge in [0.05, 0.1) is 23.1 Å². The number of benzene rings is 1. The Morgan fingerprint density at radius 3 is 2.76 bits per heavy atom. The van der Waals surface area contributed by atoms with Gasteiger partial charge < -0.3 is 9.30 Å². The molecule has 1 saturated heterocycles. The topological polar surface area (TPSA) is 49.6 Å². The summed E-state index contributed by atoms with van der Waals surface area (Å²) in [4.78, 5) is 18.7. The standard InChI is InChI=1S/C26H29FN6/c1-17-10-12-33-23(18(2)29-24(33)13-17)16-32-11-6-9-22(32)25-21(15-28-26(30-25)31(3)4)19-7-5-8-20(27)14-19/h5,7-8,10,12-15,22H,6,9,11,16H2,1-4H3/t22-/m0/s1. The number of likely N-dealkylation sites (tertiary alicyclic amines) is 1. The predicted molar refractivity (Wildman–Crippen MR) is 129 cm³/mol. The van der Waals surface area contributed by atoms with E-state index in [0.717, 1.165) is 54.1 Å². The summed E-state index contributed by atoms with van der Waals surface area (Å²) >= 11 is 0. The van der Waals surface area contributed by atoms with Crippen molar-refractivity contribution in [1.29, 1.82) is 0 Å². The van der Waals surface area contributed by atoms with Gasteiger partial charge in [0.25, 0.3) is 0 Å². The number of imidazole rings is 1. The molecular weight excluding hydrogens is 415 g/mol. The molecule has 1 aliphatic heterocycles. The predicted octanol–water partition coefficient (Wildman–Crippen LogP) is 4.95. The molecule has 170 valence electrons. The van der Waals surface area contributed by atoms with E-state index >= 15 is 0 Å². The Labute approximate surface area is 193 Å². The van der Waals surface area contributed by atoms with Crippen LogP contribution in [0.1, 0.15) is 41.5 Å². The van der Waals surface area contributed by atoms with Gasteiger partial charge in [-0.1, -0.05) is 12.1 Å². The highest BCUT2D eigenvalue weighted by Crippen LogP contribution is 2.38. The third kappa shape index (κ3) is 4.09. The molecule has 4 heterocycles. The lowest BCUT2D eigenvalue weighted by Crippen LogP contribution is -2.26. The maximum atomic E-state index is 14.0. The molecule has 0 bridgehead atoms. The van der Waals surface area contributed by atoms with Gasteiger partial charge in [-0.3, -0.25) is 4.90 Å². The normalized spacial score (nSPS) is 16.6. The first-order valence-corrected chi connectivity index (χ1v) is 11.4. The van der Waals surface area contributed by atoms with Crippen LogP contribution in [-0.2, 0) is 6.54 Å². The molecule has 0 radical (unpaired) electrons. The summed E-state index contributed by atoms with van der Waals surface area (Å²) in [6.07, 6.45) is 6.04. The molecule has 7 heteroatoms. The van der Waals surface area contributed by atoms with Crippen LogP contribution in [0.5, 0.6) is 0 Å². The molecule has 0 N–H and O–H groups in total. The minimum Gasteiger partial charge on any atom is -0.347 e. The molecule has 0 amide bonds. The molecule has 3 aromatic heterocycles. The lowest BCUT2D eigenvalue weighted by molar-refractivity contribution is 0.241. The van der Waals surface area contributed by atoms with Crippen LogP contribution in [0, 0.1) is 19.7 Å². The molecule has 33 heavy (non-hydrogen) atoms. The lowest BCUT2D eigenvalue weighted by Gasteiger charge is -2.27. The molecule has 4 aromatic rings. The summed E-state index contributed by atoms with van der Waals surface area (Å²) in [7, 11) is 3.88. The Morgan fingerprint density at radius 1 is 1.12 bits per heavy atom. The number of anilines is 1. The fraction of sp³-hybridized carbons (Fsp3) is 0.346. The van der Waals surface area contributed by atoms with Crippen molar-refractivity contribution in [3.05, 3.63) is 77.3 Å². The van der Waals surface area contributed by atoms with Gasteiger partial charge in [0, 0.05) is 38.6 Å². The van der Waals surface area contributed by atoms with E-state index in [1.807, 2.05) is 31.3 Å². The van der Waals surface area contributed by atoms with Gasteiger partial charge in [0.1, 0.15) is 11.5 Å². The van der Waals surface area contributed by atoms with Crippen molar-refractivity contribution in [1.82, 2.24) is 24.3 Å². The number of rotatable bonds is 5. The van der Waals surface area contributed by atoms with Crippen LogP contribution < -0.4 is 4.90 Å². The van der Waals surface area contributed by atoms with E-state index in [1.54, 1.807) is 12.1 Å². The van der Waals surface area contributed by atoms with Crippen LogP contribution >= 0.6 is 0 Å². The second-order valence-corrected chi connectivity index (χ2v) is 9.08. The number of nitrogens with zero attached hydrogens (tertiary/aromatic N) is 6. The van der Waals surface area contributed by atoms with E-state index in [2.05, 4.69) is 46.5 Å².